The maximum atomic E-state index is 11.5. The highest BCUT2D eigenvalue weighted by molar-refractivity contribution is 5.81. The van der Waals surface area contributed by atoms with Crippen LogP contribution in [0.2, 0.25) is 0 Å². The number of piperazine rings is 1. The summed E-state index contributed by atoms with van der Waals surface area (Å²) in [4.78, 5) is 13.6. The lowest BCUT2D eigenvalue weighted by Crippen LogP contribution is -2.54. The molecule has 1 fully saturated rings. The Bertz CT molecular complexity index is 478. The third-order valence-electron chi connectivity index (χ3n) is 3.26. The lowest BCUT2D eigenvalue weighted by atomic mass is 10.2. The zero-order valence-electron chi connectivity index (χ0n) is 10.9. The minimum Gasteiger partial charge on any atom is -0.492 e. The van der Waals surface area contributed by atoms with Crippen molar-refractivity contribution < 1.29 is 9.53 Å². The predicted octanol–water partition coefficient (Wildman–Crippen LogP) is 0.757. The Hall–Kier alpha value is -2.06. The van der Waals surface area contributed by atoms with Gasteiger partial charge in [0.05, 0.1) is 17.7 Å². The number of nitriles is 1. The molecule has 1 aliphatic heterocycles. The van der Waals surface area contributed by atoms with E-state index < -0.39 is 0 Å². The molecule has 1 atom stereocenters. The molecule has 2 rings (SSSR count). The van der Waals surface area contributed by atoms with Gasteiger partial charge in [-0.1, -0.05) is 0 Å². The molecular formula is C14H17N3O2. The molecule has 1 unspecified atom stereocenters. The first-order valence-electron chi connectivity index (χ1n) is 6.35. The highest BCUT2D eigenvalue weighted by Crippen LogP contribution is 2.12. The van der Waals surface area contributed by atoms with Crippen LogP contribution in [0.3, 0.4) is 0 Å². The predicted molar refractivity (Wildman–Crippen MR) is 70.7 cm³/mol. The van der Waals surface area contributed by atoms with Crippen molar-refractivity contribution in [3.05, 3.63) is 29.8 Å². The van der Waals surface area contributed by atoms with Gasteiger partial charge in [-0.05, 0) is 31.2 Å². The molecule has 5 nitrogen and oxygen atoms in total. The number of hydrogen-bond acceptors (Lipinski definition) is 4. The van der Waals surface area contributed by atoms with Gasteiger partial charge in [0.2, 0.25) is 5.91 Å². The number of ether oxygens (including phenoxy) is 1. The van der Waals surface area contributed by atoms with Gasteiger partial charge in [0.25, 0.3) is 0 Å². The van der Waals surface area contributed by atoms with Crippen molar-refractivity contribution in [2.75, 3.05) is 26.2 Å². The van der Waals surface area contributed by atoms with Gasteiger partial charge in [0.1, 0.15) is 12.4 Å². The van der Waals surface area contributed by atoms with Crippen molar-refractivity contribution in [2.24, 2.45) is 0 Å². The van der Waals surface area contributed by atoms with Crippen LogP contribution < -0.4 is 10.1 Å². The van der Waals surface area contributed by atoms with E-state index in [-0.39, 0.29) is 11.9 Å². The van der Waals surface area contributed by atoms with Crippen molar-refractivity contribution in [1.82, 2.24) is 10.2 Å². The second-order valence-corrected chi connectivity index (χ2v) is 4.49. The summed E-state index contributed by atoms with van der Waals surface area (Å²) < 4.78 is 5.61. The van der Waals surface area contributed by atoms with Gasteiger partial charge in [0.15, 0.2) is 0 Å². The van der Waals surface area contributed by atoms with Crippen LogP contribution in [0.4, 0.5) is 0 Å². The maximum Gasteiger partial charge on any atom is 0.237 e. The normalized spacial score (nSPS) is 19.6. The fourth-order valence-corrected chi connectivity index (χ4v) is 2.04. The van der Waals surface area contributed by atoms with E-state index in [1.807, 2.05) is 6.92 Å². The summed E-state index contributed by atoms with van der Waals surface area (Å²) in [6.45, 7) is 4.69. The molecule has 100 valence electrons. The molecule has 19 heavy (non-hydrogen) atoms. The van der Waals surface area contributed by atoms with E-state index in [0.29, 0.717) is 25.3 Å². The molecule has 1 aliphatic rings. The van der Waals surface area contributed by atoms with Crippen molar-refractivity contribution in [3.63, 3.8) is 0 Å². The van der Waals surface area contributed by atoms with Crippen molar-refractivity contribution in [3.8, 4) is 11.8 Å². The van der Waals surface area contributed by atoms with Crippen LogP contribution in [0.5, 0.6) is 5.75 Å². The smallest absolute Gasteiger partial charge is 0.237 e. The van der Waals surface area contributed by atoms with E-state index in [2.05, 4.69) is 16.3 Å². The number of carbonyl (C=O) groups is 1. The summed E-state index contributed by atoms with van der Waals surface area (Å²) in [5.74, 6) is 0.817. The number of nitrogens with one attached hydrogen (secondary N) is 1. The van der Waals surface area contributed by atoms with E-state index in [0.717, 1.165) is 12.3 Å². The van der Waals surface area contributed by atoms with Gasteiger partial charge in [-0.15, -0.1) is 0 Å². The molecule has 1 saturated heterocycles. The Morgan fingerprint density at radius 3 is 2.89 bits per heavy atom. The molecular weight excluding hydrogens is 242 g/mol. The first-order chi connectivity index (χ1) is 9.20. The summed E-state index contributed by atoms with van der Waals surface area (Å²) in [7, 11) is 0. The second kappa shape index (κ2) is 6.21. The number of rotatable bonds is 4. The quantitative estimate of drug-likeness (QED) is 0.867. The van der Waals surface area contributed by atoms with Gasteiger partial charge in [-0.3, -0.25) is 9.69 Å². The Balaban J connectivity index is 1.79. The van der Waals surface area contributed by atoms with Gasteiger partial charge < -0.3 is 10.1 Å². The van der Waals surface area contributed by atoms with Crippen LogP contribution in [0.15, 0.2) is 24.3 Å². The van der Waals surface area contributed by atoms with Crippen molar-refractivity contribution in [2.45, 2.75) is 13.0 Å². The van der Waals surface area contributed by atoms with Crippen LogP contribution in [0.1, 0.15) is 12.5 Å². The van der Waals surface area contributed by atoms with Gasteiger partial charge >= 0.3 is 0 Å². The molecule has 0 saturated carbocycles. The SMILES string of the molecule is CC1C(=O)NCCN1CCOc1ccc(C#N)cc1. The lowest BCUT2D eigenvalue weighted by Gasteiger charge is -2.32. The summed E-state index contributed by atoms with van der Waals surface area (Å²) >= 11 is 0. The molecule has 0 bridgehead atoms. The zero-order valence-corrected chi connectivity index (χ0v) is 10.9. The van der Waals surface area contributed by atoms with Gasteiger partial charge in [-0.25, -0.2) is 0 Å². The maximum absolute atomic E-state index is 11.5. The van der Waals surface area contributed by atoms with Crippen LogP contribution in [0.25, 0.3) is 0 Å². The molecule has 0 radical (unpaired) electrons. The number of benzene rings is 1. The number of hydrogen-bond donors (Lipinski definition) is 1. The number of amides is 1. The van der Waals surface area contributed by atoms with Crippen LogP contribution in [-0.2, 0) is 4.79 Å². The number of nitrogens with zero attached hydrogens (tertiary/aromatic N) is 2. The molecule has 0 aliphatic carbocycles. The highest BCUT2D eigenvalue weighted by atomic mass is 16.5. The largest absolute Gasteiger partial charge is 0.492 e. The lowest BCUT2D eigenvalue weighted by molar-refractivity contribution is -0.128. The van der Waals surface area contributed by atoms with E-state index in [1.54, 1.807) is 24.3 Å². The Morgan fingerprint density at radius 2 is 2.21 bits per heavy atom. The highest BCUT2D eigenvalue weighted by Gasteiger charge is 2.24. The van der Waals surface area contributed by atoms with Crippen molar-refractivity contribution >= 4 is 5.91 Å². The summed E-state index contributed by atoms with van der Waals surface area (Å²) in [6.07, 6.45) is 0. The standard InChI is InChI=1S/C14H17N3O2/c1-11-14(18)16-6-7-17(11)8-9-19-13-4-2-12(10-15)3-5-13/h2-5,11H,6-9H2,1H3,(H,16,18). The topological polar surface area (TPSA) is 65.4 Å². The molecule has 0 aromatic heterocycles. The van der Waals surface area contributed by atoms with E-state index in [4.69, 9.17) is 10.00 Å². The van der Waals surface area contributed by atoms with E-state index in [1.165, 1.54) is 0 Å². The summed E-state index contributed by atoms with van der Waals surface area (Å²) in [6, 6.07) is 8.99. The van der Waals surface area contributed by atoms with Gasteiger partial charge in [0, 0.05) is 19.6 Å². The molecule has 1 amide bonds. The minimum absolute atomic E-state index is 0.0737. The molecule has 5 heteroatoms. The van der Waals surface area contributed by atoms with Crippen LogP contribution in [0, 0.1) is 11.3 Å². The molecule has 1 aromatic rings. The zero-order chi connectivity index (χ0) is 13.7. The summed E-state index contributed by atoms with van der Waals surface area (Å²) in [5, 5.41) is 11.5. The first-order valence-corrected chi connectivity index (χ1v) is 6.35. The first kappa shape index (κ1) is 13.4. The average Bonchev–Trinajstić information content (AvgIpc) is 2.44. The van der Waals surface area contributed by atoms with Gasteiger partial charge in [-0.2, -0.15) is 5.26 Å². The van der Waals surface area contributed by atoms with Crippen LogP contribution in [-0.4, -0.2) is 43.1 Å². The van der Waals surface area contributed by atoms with E-state index >= 15 is 0 Å². The molecule has 1 aromatic carbocycles. The summed E-state index contributed by atoms with van der Waals surface area (Å²) in [5.41, 5.74) is 0.619. The third kappa shape index (κ3) is 3.46. The Morgan fingerprint density at radius 1 is 1.47 bits per heavy atom. The Kier molecular flexibility index (Phi) is 4.37. The third-order valence-corrected chi connectivity index (χ3v) is 3.26. The fraction of sp³-hybridized carbons (Fsp3) is 0.429. The second-order valence-electron chi connectivity index (χ2n) is 4.49. The Labute approximate surface area is 112 Å². The minimum atomic E-state index is -0.0988. The fourth-order valence-electron chi connectivity index (χ4n) is 2.04. The van der Waals surface area contributed by atoms with Crippen LogP contribution >= 0.6 is 0 Å². The monoisotopic (exact) mass is 259 g/mol. The molecule has 0 spiro atoms. The number of carbonyl (C=O) groups excluding carboxylic acids is 1. The van der Waals surface area contributed by atoms with Crippen molar-refractivity contribution in [1.29, 1.82) is 5.26 Å². The molecule has 1 N–H and O–H groups in total. The average molecular weight is 259 g/mol. The van der Waals surface area contributed by atoms with E-state index in [9.17, 15) is 4.79 Å². The molecule has 1 heterocycles.